The molecule has 0 radical (unpaired) electrons. The third-order valence-electron chi connectivity index (χ3n) is 11.1. The summed E-state index contributed by atoms with van der Waals surface area (Å²) in [5.74, 6) is -0.735. The number of carboxylic acids is 1. The van der Waals surface area contributed by atoms with Gasteiger partial charge in [-0.05, 0) is 75.5 Å². The van der Waals surface area contributed by atoms with Crippen LogP contribution in [0.4, 0.5) is 0 Å². The Hall–Kier alpha value is -1.25. The first-order valence-corrected chi connectivity index (χ1v) is 16.9. The Morgan fingerprint density at radius 1 is 1.07 bits per heavy atom. The number of carboxylic acid groups (broad SMARTS) is 1. The van der Waals surface area contributed by atoms with Crippen LogP contribution in [0, 0.1) is 41.4 Å². The number of aliphatic hydroxyl groups excluding tert-OH is 2. The van der Waals surface area contributed by atoms with Crippen molar-refractivity contribution in [2.75, 3.05) is 6.54 Å². The number of carbonyl (C=O) groups excluding carboxylic acids is 1. The maximum Gasteiger partial charge on any atom is 0.137 e. The Morgan fingerprint density at radius 3 is 2.61 bits per heavy atom. The molecular weight excluding hydrogens is 516 g/mol. The molecule has 7 N–H and O–H groups in total. The van der Waals surface area contributed by atoms with Crippen LogP contribution in [-0.4, -0.2) is 51.8 Å². The summed E-state index contributed by atoms with van der Waals surface area (Å²) < 4.78 is 0. The van der Waals surface area contributed by atoms with Crippen molar-refractivity contribution in [3.05, 3.63) is 24.3 Å². The minimum Gasteiger partial charge on any atom is -0.550 e. The molecule has 4 rings (SSSR count). The predicted molar refractivity (Wildman–Crippen MR) is 159 cm³/mol. The minimum atomic E-state index is -1.20. The van der Waals surface area contributed by atoms with Crippen LogP contribution in [0.1, 0.15) is 110 Å². The van der Waals surface area contributed by atoms with Gasteiger partial charge < -0.3 is 30.5 Å². The van der Waals surface area contributed by atoms with Crippen molar-refractivity contribution in [2.24, 2.45) is 47.2 Å². The van der Waals surface area contributed by atoms with E-state index in [1.807, 2.05) is 6.08 Å². The maximum atomic E-state index is 12.1. The Kier molecular flexibility index (Phi) is 12.3. The van der Waals surface area contributed by atoms with Crippen molar-refractivity contribution in [2.45, 2.75) is 134 Å². The molecule has 0 aromatic rings. The fraction of sp³-hybridized carbons (Fsp3) is 0.853. The number of carbonyl (C=O) groups is 1. The monoisotopic (exact) mass is 574 g/mol. The van der Waals surface area contributed by atoms with Crippen LogP contribution in [0.5, 0.6) is 0 Å². The van der Waals surface area contributed by atoms with Crippen LogP contribution < -0.4 is 16.2 Å². The lowest BCUT2D eigenvalue weighted by molar-refractivity contribution is -0.699. The van der Waals surface area contributed by atoms with Gasteiger partial charge in [-0.2, -0.15) is 0 Å². The van der Waals surface area contributed by atoms with Gasteiger partial charge >= 0.3 is 0 Å². The van der Waals surface area contributed by atoms with Crippen LogP contribution >= 0.6 is 0 Å². The van der Waals surface area contributed by atoms with Crippen LogP contribution in [0.15, 0.2) is 24.3 Å². The van der Waals surface area contributed by atoms with Crippen LogP contribution in [0.3, 0.4) is 0 Å². The van der Waals surface area contributed by atoms with Crippen molar-refractivity contribution < 1.29 is 30.5 Å². The van der Waals surface area contributed by atoms with Gasteiger partial charge in [0.1, 0.15) is 6.17 Å². The molecular formula is C34H58N2O5. The van der Waals surface area contributed by atoms with E-state index in [1.54, 1.807) is 0 Å². The summed E-state index contributed by atoms with van der Waals surface area (Å²) >= 11 is 0. The van der Waals surface area contributed by atoms with Gasteiger partial charge in [0, 0.05) is 36.1 Å². The van der Waals surface area contributed by atoms with Gasteiger partial charge in [0.15, 0.2) is 0 Å². The standard InChI is InChI=1S/C34H58N2O5/c1-2-3-5-8-23-11-12-25(30(37)20-23)9-6-4-7-10-28(33(39)40)32(38)27-13-14-29-26(15-17-34(29,41)22-27)19-24-16-18-36-31(35)21-24/h11-14,23-32,36-38,41H,2-10,15-22,35H2,1H3,(H,39,40)/t23-,24?,25+,26-,27+,28-,29-,30+,31?,32+,34-/m0/s1. The molecule has 3 aliphatic carbocycles. The van der Waals surface area contributed by atoms with E-state index in [4.69, 9.17) is 5.73 Å². The molecule has 1 aliphatic heterocycles. The van der Waals surface area contributed by atoms with E-state index < -0.39 is 23.6 Å². The van der Waals surface area contributed by atoms with Gasteiger partial charge in [-0.15, -0.1) is 0 Å². The molecule has 0 amide bonds. The molecule has 11 atom stereocenters. The van der Waals surface area contributed by atoms with E-state index in [0.29, 0.717) is 43.4 Å². The van der Waals surface area contributed by atoms with Gasteiger partial charge in [-0.3, -0.25) is 5.73 Å². The molecule has 1 saturated heterocycles. The highest BCUT2D eigenvalue weighted by molar-refractivity contribution is 5.68. The lowest BCUT2D eigenvalue weighted by atomic mass is 9.70. The van der Waals surface area contributed by atoms with Crippen LogP contribution in [-0.2, 0) is 4.79 Å². The van der Waals surface area contributed by atoms with Gasteiger partial charge in [-0.25, -0.2) is 0 Å². The molecule has 0 spiro atoms. The smallest absolute Gasteiger partial charge is 0.137 e. The zero-order valence-electron chi connectivity index (χ0n) is 25.4. The van der Waals surface area contributed by atoms with E-state index in [9.17, 15) is 25.2 Å². The van der Waals surface area contributed by atoms with Crippen LogP contribution in [0.25, 0.3) is 0 Å². The number of fused-ring (bicyclic) bond motifs is 1. The highest BCUT2D eigenvalue weighted by Gasteiger charge is 2.50. The molecule has 2 fully saturated rings. The second-order valence-corrected chi connectivity index (χ2v) is 14.2. The first-order valence-electron chi connectivity index (χ1n) is 16.9. The van der Waals surface area contributed by atoms with Crippen molar-refractivity contribution >= 4 is 5.97 Å². The normalized spacial score (nSPS) is 38.5. The molecule has 234 valence electrons. The Labute approximate surface area is 248 Å². The molecule has 0 aromatic heterocycles. The molecule has 41 heavy (non-hydrogen) atoms. The maximum absolute atomic E-state index is 12.1. The fourth-order valence-corrected chi connectivity index (χ4v) is 8.62. The zero-order valence-corrected chi connectivity index (χ0v) is 25.4. The summed E-state index contributed by atoms with van der Waals surface area (Å²) in [5, 5.41) is 47.6. The van der Waals surface area contributed by atoms with Crippen molar-refractivity contribution in [3.63, 3.8) is 0 Å². The van der Waals surface area contributed by atoms with Crippen molar-refractivity contribution in [1.82, 2.24) is 0 Å². The van der Waals surface area contributed by atoms with Gasteiger partial charge in [-0.1, -0.05) is 69.8 Å². The van der Waals surface area contributed by atoms with Gasteiger partial charge in [0.25, 0.3) is 0 Å². The summed E-state index contributed by atoms with van der Waals surface area (Å²) in [5.41, 5.74) is 5.29. The molecule has 0 aromatic carbocycles. The zero-order chi connectivity index (χ0) is 29.4. The predicted octanol–water partition coefficient (Wildman–Crippen LogP) is 2.78. The molecule has 0 bridgehead atoms. The second kappa shape index (κ2) is 15.5. The average Bonchev–Trinajstić information content (AvgIpc) is 3.26. The van der Waals surface area contributed by atoms with Gasteiger partial charge in [0.2, 0.25) is 0 Å². The number of hydrogen-bond donors (Lipinski definition) is 5. The van der Waals surface area contributed by atoms with Crippen molar-refractivity contribution in [1.29, 1.82) is 0 Å². The summed E-state index contributed by atoms with van der Waals surface area (Å²) in [6, 6.07) is 0. The molecule has 1 saturated carbocycles. The van der Waals surface area contributed by atoms with E-state index in [0.717, 1.165) is 57.9 Å². The number of nitrogens with two attached hydrogens (primary N) is 2. The SMILES string of the molecule is CCCCC[C@H]1C=C[C@@H](CCCCC[C@H](C(=O)[O-])[C@H](O)[C@@H]2C=C[C@H]3[C@H](CC4CC[NH2+]C(N)C4)CC[C@]3(O)C2)[C@H](O)C1. The quantitative estimate of drug-likeness (QED) is 0.150. The molecule has 1 heterocycles. The minimum absolute atomic E-state index is 0.0743. The lowest BCUT2D eigenvalue weighted by Gasteiger charge is -2.41. The highest BCUT2D eigenvalue weighted by Crippen LogP contribution is 2.51. The molecule has 7 heteroatoms. The topological polar surface area (TPSA) is 143 Å². The summed E-state index contributed by atoms with van der Waals surface area (Å²) in [6.45, 7) is 3.28. The number of allylic oxidation sites excluding steroid dienone is 1. The van der Waals surface area contributed by atoms with Gasteiger partial charge in [0.05, 0.1) is 24.4 Å². The van der Waals surface area contributed by atoms with E-state index in [2.05, 4.69) is 30.5 Å². The summed E-state index contributed by atoms with van der Waals surface area (Å²) in [4.78, 5) is 12.1. The highest BCUT2D eigenvalue weighted by atomic mass is 16.4. The Bertz CT molecular complexity index is 879. The number of piperidine rings is 1. The first kappa shape index (κ1) is 32.7. The lowest BCUT2D eigenvalue weighted by Crippen LogP contribution is -2.94. The van der Waals surface area contributed by atoms with E-state index in [-0.39, 0.29) is 30.0 Å². The molecule has 2 unspecified atom stereocenters. The van der Waals surface area contributed by atoms with Crippen LogP contribution in [0.2, 0.25) is 0 Å². The molecule has 4 aliphatic rings. The number of aliphatic hydroxyl groups is 3. The fourth-order valence-electron chi connectivity index (χ4n) is 8.62. The Morgan fingerprint density at radius 2 is 1.88 bits per heavy atom. The third kappa shape index (κ3) is 8.88. The summed E-state index contributed by atoms with van der Waals surface area (Å²) in [6.07, 6.45) is 22.2. The number of quaternary nitrogens is 1. The second-order valence-electron chi connectivity index (χ2n) is 14.2. The largest absolute Gasteiger partial charge is 0.550 e. The number of rotatable bonds is 15. The number of aliphatic carboxylic acids is 1. The number of unbranched alkanes of at least 4 members (excludes halogenated alkanes) is 4. The summed E-state index contributed by atoms with van der Waals surface area (Å²) in [7, 11) is 0. The van der Waals surface area contributed by atoms with E-state index in [1.165, 1.54) is 25.7 Å². The molecule has 7 nitrogen and oxygen atoms in total. The first-order chi connectivity index (χ1) is 19.7. The van der Waals surface area contributed by atoms with E-state index >= 15 is 0 Å². The average molecular weight is 575 g/mol. The number of hydrogen-bond acceptors (Lipinski definition) is 6. The van der Waals surface area contributed by atoms with Crippen molar-refractivity contribution in [3.8, 4) is 0 Å². The third-order valence-corrected chi connectivity index (χ3v) is 11.1. The Balaban J connectivity index is 1.21.